The molecule has 0 aromatic carbocycles. The van der Waals surface area contributed by atoms with Crippen molar-refractivity contribution in [3.05, 3.63) is 30.1 Å². The molecule has 138 valence electrons. The summed E-state index contributed by atoms with van der Waals surface area (Å²) in [6.07, 6.45) is 6.93. The van der Waals surface area contributed by atoms with Gasteiger partial charge in [-0.05, 0) is 24.5 Å². The smallest absolute Gasteiger partial charge is 0.317 e. The van der Waals surface area contributed by atoms with Crippen LogP contribution < -0.4 is 5.32 Å². The number of amides is 2. The zero-order valence-corrected chi connectivity index (χ0v) is 15.8. The van der Waals surface area contributed by atoms with E-state index in [9.17, 15) is 13.2 Å². The van der Waals surface area contributed by atoms with Gasteiger partial charge in [0.2, 0.25) is 0 Å². The second-order valence-corrected chi connectivity index (χ2v) is 10.1. The lowest BCUT2D eigenvalue weighted by Crippen LogP contribution is -2.60. The molecule has 7 heteroatoms. The lowest BCUT2D eigenvalue weighted by Gasteiger charge is -2.43. The molecule has 1 saturated carbocycles. The fraction of sp³-hybridized carbons (Fsp3) is 0.667. The van der Waals surface area contributed by atoms with E-state index in [1.165, 1.54) is 0 Å². The lowest BCUT2D eigenvalue weighted by molar-refractivity contribution is 0.154. The Morgan fingerprint density at radius 1 is 1.36 bits per heavy atom. The Morgan fingerprint density at radius 3 is 2.84 bits per heavy atom. The van der Waals surface area contributed by atoms with Crippen molar-refractivity contribution in [2.75, 3.05) is 18.8 Å². The Morgan fingerprint density at radius 2 is 2.12 bits per heavy atom. The average Bonchev–Trinajstić information content (AvgIpc) is 2.61. The van der Waals surface area contributed by atoms with Crippen molar-refractivity contribution in [1.29, 1.82) is 0 Å². The molecule has 2 amide bonds. The van der Waals surface area contributed by atoms with Crippen LogP contribution in [0.25, 0.3) is 0 Å². The first-order valence-electron chi connectivity index (χ1n) is 8.98. The Kier molecular flexibility index (Phi) is 5.04. The third-order valence-electron chi connectivity index (χ3n) is 5.53. The van der Waals surface area contributed by atoms with Crippen LogP contribution in [0.3, 0.4) is 0 Å². The summed E-state index contributed by atoms with van der Waals surface area (Å²) in [5.41, 5.74) is 0.824. The zero-order chi connectivity index (χ0) is 18.1. The van der Waals surface area contributed by atoms with Gasteiger partial charge in [-0.25, -0.2) is 13.2 Å². The van der Waals surface area contributed by atoms with Crippen LogP contribution in [0.5, 0.6) is 0 Å². The van der Waals surface area contributed by atoms with Gasteiger partial charge in [0.05, 0.1) is 17.0 Å². The van der Waals surface area contributed by atoms with E-state index in [1.54, 1.807) is 11.1 Å². The van der Waals surface area contributed by atoms with Crippen LogP contribution in [0, 0.1) is 0 Å². The van der Waals surface area contributed by atoms with Gasteiger partial charge in [-0.1, -0.05) is 32.8 Å². The highest BCUT2D eigenvalue weighted by Gasteiger charge is 2.44. The van der Waals surface area contributed by atoms with Crippen molar-refractivity contribution in [3.8, 4) is 0 Å². The number of fused-ring (bicyclic) bond motifs is 1. The molecule has 2 aliphatic rings. The quantitative estimate of drug-likeness (QED) is 0.890. The number of carbonyl (C=O) groups is 1. The van der Waals surface area contributed by atoms with Crippen LogP contribution in [0.15, 0.2) is 24.5 Å². The van der Waals surface area contributed by atoms with Gasteiger partial charge in [-0.3, -0.25) is 4.98 Å². The van der Waals surface area contributed by atoms with Crippen LogP contribution in [0.1, 0.15) is 45.1 Å². The van der Waals surface area contributed by atoms with Gasteiger partial charge in [0.25, 0.3) is 0 Å². The monoisotopic (exact) mass is 365 g/mol. The van der Waals surface area contributed by atoms with Gasteiger partial charge in [0, 0.05) is 30.9 Å². The first-order chi connectivity index (χ1) is 11.8. The van der Waals surface area contributed by atoms with Gasteiger partial charge in [0.15, 0.2) is 9.84 Å². The molecule has 6 nitrogen and oxygen atoms in total. The fourth-order valence-electron chi connectivity index (χ4n) is 3.91. The minimum Gasteiger partial charge on any atom is -0.337 e. The summed E-state index contributed by atoms with van der Waals surface area (Å²) < 4.78 is 24.6. The molecule has 2 heterocycles. The molecule has 0 radical (unpaired) electrons. The maximum Gasteiger partial charge on any atom is 0.317 e. The molecule has 2 atom stereocenters. The van der Waals surface area contributed by atoms with E-state index in [1.807, 2.05) is 18.3 Å². The Balaban J connectivity index is 1.67. The zero-order valence-electron chi connectivity index (χ0n) is 14.9. The number of pyridine rings is 1. The summed E-state index contributed by atoms with van der Waals surface area (Å²) in [7, 11) is -3.07. The molecular weight excluding hydrogens is 338 g/mol. The number of rotatable bonds is 3. The van der Waals surface area contributed by atoms with Crippen molar-refractivity contribution in [2.45, 2.75) is 56.2 Å². The Labute approximate surface area is 149 Å². The van der Waals surface area contributed by atoms with Crippen LogP contribution in [0.4, 0.5) is 4.79 Å². The Hall–Kier alpha value is -1.63. The second kappa shape index (κ2) is 6.94. The number of aromatic nitrogens is 1. The SMILES string of the molecule is CC(C)(CNC(=O)N1CCS(=O)(=O)C2CCCCC21)c1cccnc1. The summed E-state index contributed by atoms with van der Waals surface area (Å²) in [4.78, 5) is 18.6. The summed E-state index contributed by atoms with van der Waals surface area (Å²) in [6.45, 7) is 4.91. The van der Waals surface area contributed by atoms with E-state index in [0.29, 0.717) is 19.5 Å². The normalized spacial score (nSPS) is 25.9. The minimum atomic E-state index is -3.07. The molecule has 2 fully saturated rings. The summed E-state index contributed by atoms with van der Waals surface area (Å²) in [5.74, 6) is 0.0770. The van der Waals surface area contributed by atoms with E-state index in [-0.39, 0.29) is 28.5 Å². The number of hydrogen-bond acceptors (Lipinski definition) is 4. The van der Waals surface area contributed by atoms with Gasteiger partial charge < -0.3 is 10.2 Å². The Bertz CT molecular complexity index is 718. The molecule has 1 aromatic rings. The largest absolute Gasteiger partial charge is 0.337 e. The molecule has 1 N–H and O–H groups in total. The molecule has 1 aromatic heterocycles. The molecule has 25 heavy (non-hydrogen) atoms. The second-order valence-electron chi connectivity index (χ2n) is 7.73. The molecule has 1 aliphatic heterocycles. The molecule has 3 rings (SSSR count). The average molecular weight is 365 g/mol. The van der Waals surface area contributed by atoms with E-state index >= 15 is 0 Å². The van der Waals surface area contributed by atoms with Crippen LogP contribution in [0.2, 0.25) is 0 Å². The number of nitrogens with zero attached hydrogens (tertiary/aromatic N) is 2. The number of sulfone groups is 1. The van der Waals surface area contributed by atoms with E-state index in [0.717, 1.165) is 24.8 Å². The topological polar surface area (TPSA) is 79.4 Å². The van der Waals surface area contributed by atoms with E-state index < -0.39 is 9.84 Å². The number of carbonyl (C=O) groups excluding carboxylic acids is 1. The van der Waals surface area contributed by atoms with Gasteiger partial charge in [-0.2, -0.15) is 0 Å². The molecular formula is C18H27N3O3S. The molecule has 0 spiro atoms. The highest BCUT2D eigenvalue weighted by atomic mass is 32.2. The van der Waals surface area contributed by atoms with Crippen molar-refractivity contribution >= 4 is 15.9 Å². The molecule has 1 aliphatic carbocycles. The molecule has 1 saturated heterocycles. The van der Waals surface area contributed by atoms with Crippen molar-refractivity contribution in [2.24, 2.45) is 0 Å². The third-order valence-corrected chi connectivity index (χ3v) is 7.76. The predicted molar refractivity (Wildman–Crippen MR) is 97.2 cm³/mol. The van der Waals surface area contributed by atoms with Gasteiger partial charge in [0.1, 0.15) is 0 Å². The van der Waals surface area contributed by atoms with E-state index in [2.05, 4.69) is 24.1 Å². The number of nitrogens with one attached hydrogen (secondary N) is 1. The van der Waals surface area contributed by atoms with Crippen LogP contribution in [-0.4, -0.2) is 54.5 Å². The van der Waals surface area contributed by atoms with Crippen LogP contribution >= 0.6 is 0 Å². The van der Waals surface area contributed by atoms with Crippen LogP contribution in [-0.2, 0) is 15.3 Å². The summed E-state index contributed by atoms with van der Waals surface area (Å²) >= 11 is 0. The van der Waals surface area contributed by atoms with Gasteiger partial charge >= 0.3 is 6.03 Å². The maximum atomic E-state index is 12.7. The fourth-order valence-corrected chi connectivity index (χ4v) is 5.95. The van der Waals surface area contributed by atoms with Crippen molar-refractivity contribution in [3.63, 3.8) is 0 Å². The maximum absolute atomic E-state index is 12.7. The van der Waals surface area contributed by atoms with E-state index in [4.69, 9.17) is 0 Å². The minimum absolute atomic E-state index is 0.0770. The molecule has 0 bridgehead atoms. The standard InChI is InChI=1S/C18H27N3O3S/c1-18(2,14-6-5-9-19-12-14)13-20-17(22)21-10-11-25(23,24)16-8-4-3-7-15(16)21/h5-6,9,12,15-16H,3-4,7-8,10-11,13H2,1-2H3,(H,20,22). The predicted octanol–water partition coefficient (Wildman–Crippen LogP) is 2.11. The van der Waals surface area contributed by atoms with Crippen molar-refractivity contribution in [1.82, 2.24) is 15.2 Å². The van der Waals surface area contributed by atoms with Gasteiger partial charge in [-0.15, -0.1) is 0 Å². The lowest BCUT2D eigenvalue weighted by atomic mass is 9.86. The first kappa shape index (κ1) is 18.2. The third kappa shape index (κ3) is 3.81. The molecule has 2 unspecified atom stereocenters. The van der Waals surface area contributed by atoms with Crippen molar-refractivity contribution < 1.29 is 13.2 Å². The summed E-state index contributed by atoms with van der Waals surface area (Å²) in [6, 6.07) is 3.57. The summed E-state index contributed by atoms with van der Waals surface area (Å²) in [5, 5.41) is 2.63. The number of hydrogen-bond donors (Lipinski definition) is 1. The first-order valence-corrected chi connectivity index (χ1v) is 10.7. The number of urea groups is 1. The highest BCUT2D eigenvalue weighted by molar-refractivity contribution is 7.92. The highest BCUT2D eigenvalue weighted by Crippen LogP contribution is 2.32.